The molecule has 2 aliphatic heterocycles. The molecule has 1 aromatic rings. The monoisotopic (exact) mass is 329 g/mol. The number of nitrogens with one attached hydrogen (secondary N) is 1. The molecule has 21 heavy (non-hydrogen) atoms. The van der Waals surface area contributed by atoms with E-state index >= 15 is 0 Å². The molecule has 5 nitrogen and oxygen atoms in total. The van der Waals surface area contributed by atoms with Crippen molar-refractivity contribution in [2.45, 2.75) is 48.5 Å². The van der Waals surface area contributed by atoms with Crippen molar-refractivity contribution in [2.24, 2.45) is 0 Å². The van der Waals surface area contributed by atoms with Gasteiger partial charge in [0.2, 0.25) is 5.89 Å². The van der Waals surface area contributed by atoms with Crippen molar-refractivity contribution in [3.63, 3.8) is 0 Å². The van der Waals surface area contributed by atoms with Gasteiger partial charge in [-0.2, -0.15) is 16.7 Å². The zero-order chi connectivity index (χ0) is 14.8. The fourth-order valence-electron chi connectivity index (χ4n) is 2.71. The van der Waals surface area contributed by atoms with Crippen molar-refractivity contribution in [1.82, 2.24) is 15.5 Å². The van der Waals surface area contributed by atoms with Gasteiger partial charge in [0.1, 0.15) is 0 Å². The maximum Gasteiger partial charge on any atom is 0.233 e. The molecule has 1 aromatic heterocycles. The predicted molar refractivity (Wildman–Crippen MR) is 87.0 cm³/mol. The Balaban J connectivity index is 1.68. The highest BCUT2D eigenvalue weighted by atomic mass is 32.2. The molecule has 0 spiro atoms. The average Bonchev–Trinajstić information content (AvgIpc) is 3.10. The first-order chi connectivity index (χ1) is 10.2. The summed E-state index contributed by atoms with van der Waals surface area (Å²) < 4.78 is 11.1. The minimum absolute atomic E-state index is 0.184. The lowest BCUT2D eigenvalue weighted by molar-refractivity contribution is 0.185. The van der Waals surface area contributed by atoms with Gasteiger partial charge in [0.05, 0.1) is 24.4 Å². The molecule has 3 rings (SSSR count). The molecule has 5 atom stereocenters. The van der Waals surface area contributed by atoms with Gasteiger partial charge in [-0.1, -0.05) is 25.9 Å². The van der Waals surface area contributed by atoms with E-state index in [1.165, 1.54) is 0 Å². The van der Waals surface area contributed by atoms with E-state index in [1.54, 1.807) is 0 Å². The topological polar surface area (TPSA) is 60.2 Å². The third-order valence-corrected chi connectivity index (χ3v) is 7.55. The Morgan fingerprint density at radius 3 is 2.90 bits per heavy atom. The standard InChI is InChI=1S/C14H23N3O2S2/c1-4-15-11-6-18-5-10(11)14-16-13(17-19-14)12-7-20-8(2)9(3)21-12/h8-12,15H,4-7H2,1-3H3. The first-order valence-corrected chi connectivity index (χ1v) is 9.60. The van der Waals surface area contributed by atoms with E-state index in [-0.39, 0.29) is 12.0 Å². The van der Waals surface area contributed by atoms with Crippen LogP contribution in [0.1, 0.15) is 43.7 Å². The number of rotatable bonds is 4. The van der Waals surface area contributed by atoms with E-state index < -0.39 is 0 Å². The summed E-state index contributed by atoms with van der Waals surface area (Å²) >= 11 is 3.96. The van der Waals surface area contributed by atoms with Gasteiger partial charge in [0.15, 0.2) is 5.82 Å². The third-order valence-electron chi connectivity index (χ3n) is 4.16. The van der Waals surface area contributed by atoms with Gasteiger partial charge in [-0.05, 0) is 6.54 Å². The molecule has 2 fully saturated rings. The maximum absolute atomic E-state index is 5.56. The Morgan fingerprint density at radius 2 is 2.14 bits per heavy atom. The Hall–Kier alpha value is -0.240. The molecule has 1 N–H and O–H groups in total. The van der Waals surface area contributed by atoms with Crippen molar-refractivity contribution in [3.05, 3.63) is 11.7 Å². The lowest BCUT2D eigenvalue weighted by atomic mass is 10.0. The van der Waals surface area contributed by atoms with Crippen molar-refractivity contribution < 1.29 is 9.26 Å². The van der Waals surface area contributed by atoms with Crippen LogP contribution in [-0.2, 0) is 4.74 Å². The van der Waals surface area contributed by atoms with Crippen LogP contribution >= 0.6 is 23.5 Å². The summed E-state index contributed by atoms with van der Waals surface area (Å²) in [6, 6.07) is 0.288. The molecular formula is C14H23N3O2S2. The zero-order valence-corrected chi connectivity index (χ0v) is 14.4. The molecule has 0 bridgehead atoms. The number of hydrogen-bond donors (Lipinski definition) is 1. The van der Waals surface area contributed by atoms with E-state index in [2.05, 4.69) is 36.2 Å². The van der Waals surface area contributed by atoms with Crippen molar-refractivity contribution in [3.8, 4) is 0 Å². The number of thioether (sulfide) groups is 2. The molecule has 0 aromatic carbocycles. The average molecular weight is 329 g/mol. The molecule has 118 valence electrons. The quantitative estimate of drug-likeness (QED) is 0.910. The molecule has 5 unspecified atom stereocenters. The molecule has 0 saturated carbocycles. The SMILES string of the molecule is CCNC1COCC1c1nc(C2CSC(C)C(C)S2)no1. The number of nitrogens with zero attached hydrogens (tertiary/aromatic N) is 2. The van der Waals surface area contributed by atoms with Gasteiger partial charge < -0.3 is 14.6 Å². The van der Waals surface area contributed by atoms with Gasteiger partial charge in [0.25, 0.3) is 0 Å². The third kappa shape index (κ3) is 3.41. The number of hydrogen-bond acceptors (Lipinski definition) is 7. The van der Waals surface area contributed by atoms with E-state index in [0.717, 1.165) is 30.6 Å². The first kappa shape index (κ1) is 15.6. The summed E-state index contributed by atoms with van der Waals surface area (Å²) in [5.41, 5.74) is 0. The van der Waals surface area contributed by atoms with Crippen LogP contribution in [0, 0.1) is 0 Å². The molecule has 7 heteroatoms. The van der Waals surface area contributed by atoms with Gasteiger partial charge in [-0.3, -0.25) is 0 Å². The summed E-state index contributed by atoms with van der Waals surface area (Å²) in [5.74, 6) is 2.82. The molecule has 2 aliphatic rings. The lowest BCUT2D eigenvalue weighted by Crippen LogP contribution is -2.34. The second-order valence-electron chi connectivity index (χ2n) is 5.67. The second-order valence-corrected chi connectivity index (χ2v) is 8.66. The van der Waals surface area contributed by atoms with E-state index in [0.29, 0.717) is 22.4 Å². The fraction of sp³-hybridized carbons (Fsp3) is 0.857. The Labute approximate surface area is 134 Å². The fourth-order valence-corrected chi connectivity index (χ4v) is 5.54. The summed E-state index contributed by atoms with van der Waals surface area (Å²) in [5, 5.41) is 9.33. The lowest BCUT2D eigenvalue weighted by Gasteiger charge is -2.29. The van der Waals surface area contributed by atoms with Crippen molar-refractivity contribution in [2.75, 3.05) is 25.5 Å². The second kappa shape index (κ2) is 6.89. The van der Waals surface area contributed by atoms with Gasteiger partial charge in [-0.15, -0.1) is 11.8 Å². The minimum Gasteiger partial charge on any atom is -0.379 e. The summed E-state index contributed by atoms with van der Waals surface area (Å²) in [6.45, 7) is 8.99. The number of ether oxygens (including phenoxy) is 1. The van der Waals surface area contributed by atoms with Crippen molar-refractivity contribution >= 4 is 23.5 Å². The molecular weight excluding hydrogens is 306 g/mol. The zero-order valence-electron chi connectivity index (χ0n) is 12.7. The van der Waals surface area contributed by atoms with Gasteiger partial charge >= 0.3 is 0 Å². The van der Waals surface area contributed by atoms with Crippen LogP contribution in [0.2, 0.25) is 0 Å². The number of likely N-dealkylation sites (N-methyl/N-ethyl adjacent to an activating group) is 1. The highest BCUT2D eigenvalue weighted by Crippen LogP contribution is 2.43. The normalized spacial score (nSPS) is 37.0. The smallest absolute Gasteiger partial charge is 0.233 e. The predicted octanol–water partition coefficient (Wildman–Crippen LogP) is 2.46. The molecule has 0 amide bonds. The van der Waals surface area contributed by atoms with Gasteiger partial charge in [-0.25, -0.2) is 0 Å². The summed E-state index contributed by atoms with van der Waals surface area (Å²) in [4.78, 5) is 4.68. The largest absolute Gasteiger partial charge is 0.379 e. The van der Waals surface area contributed by atoms with Gasteiger partial charge in [0, 0.05) is 22.3 Å². The Kier molecular flexibility index (Phi) is 5.14. The first-order valence-electron chi connectivity index (χ1n) is 7.60. The Morgan fingerprint density at radius 1 is 1.29 bits per heavy atom. The molecule has 0 aliphatic carbocycles. The van der Waals surface area contributed by atoms with E-state index in [1.807, 2.05) is 23.5 Å². The van der Waals surface area contributed by atoms with Crippen LogP contribution < -0.4 is 5.32 Å². The van der Waals surface area contributed by atoms with Crippen LogP contribution in [-0.4, -0.2) is 52.2 Å². The van der Waals surface area contributed by atoms with Crippen LogP contribution in [0.5, 0.6) is 0 Å². The number of aromatic nitrogens is 2. The van der Waals surface area contributed by atoms with Crippen molar-refractivity contribution in [1.29, 1.82) is 0 Å². The molecule has 2 saturated heterocycles. The van der Waals surface area contributed by atoms with Crippen LogP contribution in [0.25, 0.3) is 0 Å². The summed E-state index contributed by atoms with van der Waals surface area (Å²) in [6.07, 6.45) is 0. The van der Waals surface area contributed by atoms with Crippen LogP contribution in [0.4, 0.5) is 0 Å². The molecule has 0 radical (unpaired) electrons. The maximum atomic E-state index is 5.56. The van der Waals surface area contributed by atoms with Crippen LogP contribution in [0.3, 0.4) is 0 Å². The minimum atomic E-state index is 0.184. The van der Waals surface area contributed by atoms with E-state index in [4.69, 9.17) is 9.26 Å². The van der Waals surface area contributed by atoms with Crippen LogP contribution in [0.15, 0.2) is 4.52 Å². The Bertz CT molecular complexity index is 471. The summed E-state index contributed by atoms with van der Waals surface area (Å²) in [7, 11) is 0. The highest BCUT2D eigenvalue weighted by molar-refractivity contribution is 8.07. The molecule has 3 heterocycles. The van der Waals surface area contributed by atoms with E-state index in [9.17, 15) is 0 Å². The highest BCUT2D eigenvalue weighted by Gasteiger charge is 2.35.